The number of oxazole rings is 1. The van der Waals surface area contributed by atoms with Crippen LogP contribution in [0, 0.1) is 0 Å². The van der Waals surface area contributed by atoms with Crippen molar-refractivity contribution >= 4 is 23.2 Å². The molecule has 2 N–H and O–H groups in total. The van der Waals surface area contributed by atoms with E-state index in [-0.39, 0.29) is 18.4 Å². The molecule has 2 aromatic rings. The van der Waals surface area contributed by atoms with Crippen LogP contribution >= 0.6 is 11.3 Å². The van der Waals surface area contributed by atoms with Gasteiger partial charge in [-0.25, -0.2) is 4.98 Å². The van der Waals surface area contributed by atoms with Gasteiger partial charge in [-0.15, -0.1) is 11.3 Å². The molecule has 2 amide bonds. The van der Waals surface area contributed by atoms with Crippen molar-refractivity contribution in [2.75, 3.05) is 0 Å². The van der Waals surface area contributed by atoms with Crippen LogP contribution in [-0.2, 0) is 16.1 Å². The van der Waals surface area contributed by atoms with Crippen molar-refractivity contribution in [2.24, 2.45) is 0 Å². The monoisotopic (exact) mass is 293 g/mol. The molecule has 0 saturated heterocycles. The zero-order valence-corrected chi connectivity index (χ0v) is 12.0. The summed E-state index contributed by atoms with van der Waals surface area (Å²) in [6.07, 6.45) is 1.51. The van der Waals surface area contributed by atoms with Gasteiger partial charge in [0.05, 0.1) is 17.1 Å². The Balaban J connectivity index is 1.88. The topological polar surface area (TPSA) is 84.2 Å². The number of amides is 2. The van der Waals surface area contributed by atoms with Gasteiger partial charge in [0.2, 0.25) is 17.7 Å². The average Bonchev–Trinajstić information content (AvgIpc) is 3.05. The van der Waals surface area contributed by atoms with Gasteiger partial charge >= 0.3 is 0 Å². The molecule has 2 heterocycles. The quantitative estimate of drug-likeness (QED) is 0.876. The number of hydrogen-bond acceptors (Lipinski definition) is 5. The molecule has 0 aliphatic rings. The fourth-order valence-corrected chi connectivity index (χ4v) is 2.26. The maximum absolute atomic E-state index is 11.7. The Morgan fingerprint density at radius 2 is 2.30 bits per heavy atom. The van der Waals surface area contributed by atoms with Crippen molar-refractivity contribution in [1.82, 2.24) is 15.6 Å². The summed E-state index contributed by atoms with van der Waals surface area (Å²) in [7, 11) is 0. The predicted molar refractivity (Wildman–Crippen MR) is 74.9 cm³/mol. The number of aromatic nitrogens is 1. The molecule has 2 aromatic heterocycles. The molecule has 1 atom stereocenters. The van der Waals surface area contributed by atoms with Crippen molar-refractivity contribution in [3.05, 3.63) is 29.5 Å². The summed E-state index contributed by atoms with van der Waals surface area (Å²) in [6, 6.07) is 3.26. The number of carbonyl (C=O) groups excluding carboxylic acids is 2. The molecule has 0 saturated carbocycles. The fourth-order valence-electron chi connectivity index (χ4n) is 1.60. The van der Waals surface area contributed by atoms with E-state index in [1.165, 1.54) is 24.5 Å². The van der Waals surface area contributed by atoms with Crippen LogP contribution in [0.3, 0.4) is 0 Å². The Morgan fingerprint density at radius 1 is 1.50 bits per heavy atom. The molecule has 1 unspecified atom stereocenters. The van der Waals surface area contributed by atoms with Gasteiger partial charge in [0, 0.05) is 6.92 Å². The van der Waals surface area contributed by atoms with Gasteiger partial charge in [-0.1, -0.05) is 6.07 Å². The predicted octanol–water partition coefficient (Wildman–Crippen LogP) is 1.54. The van der Waals surface area contributed by atoms with E-state index in [4.69, 9.17) is 4.42 Å². The van der Waals surface area contributed by atoms with Gasteiger partial charge in [-0.05, 0) is 18.4 Å². The minimum atomic E-state index is -0.573. The molecule has 2 rings (SSSR count). The minimum absolute atomic E-state index is 0.242. The number of hydrogen-bond donors (Lipinski definition) is 2. The van der Waals surface area contributed by atoms with Crippen LogP contribution in [0.2, 0.25) is 0 Å². The first-order chi connectivity index (χ1) is 9.56. The molecular formula is C13H15N3O3S. The van der Waals surface area contributed by atoms with Crippen LogP contribution in [0.25, 0.3) is 10.8 Å². The smallest absolute Gasteiger partial charge is 0.242 e. The number of rotatable bonds is 5. The maximum Gasteiger partial charge on any atom is 0.242 e. The minimum Gasteiger partial charge on any atom is -0.443 e. The zero-order chi connectivity index (χ0) is 14.5. The third-order valence-corrected chi connectivity index (χ3v) is 3.40. The molecule has 0 aromatic carbocycles. The third kappa shape index (κ3) is 3.67. The first-order valence-corrected chi connectivity index (χ1v) is 6.97. The van der Waals surface area contributed by atoms with Crippen molar-refractivity contribution in [1.29, 1.82) is 0 Å². The molecule has 7 heteroatoms. The van der Waals surface area contributed by atoms with E-state index in [1.54, 1.807) is 6.92 Å². The lowest BCUT2D eigenvalue weighted by Crippen LogP contribution is -2.43. The summed E-state index contributed by atoms with van der Waals surface area (Å²) in [4.78, 5) is 27.8. The SMILES string of the molecule is CC(=O)NC(C)C(=O)NCc1coc(-c2cccs2)n1. The molecule has 106 valence electrons. The third-order valence-electron chi connectivity index (χ3n) is 2.54. The second kappa shape index (κ2) is 6.33. The highest BCUT2D eigenvalue weighted by molar-refractivity contribution is 7.13. The highest BCUT2D eigenvalue weighted by Gasteiger charge is 2.14. The van der Waals surface area contributed by atoms with Gasteiger partial charge in [0.1, 0.15) is 12.3 Å². The van der Waals surface area contributed by atoms with Crippen molar-refractivity contribution in [2.45, 2.75) is 26.4 Å². The lowest BCUT2D eigenvalue weighted by Gasteiger charge is -2.11. The van der Waals surface area contributed by atoms with Crippen LogP contribution in [0.5, 0.6) is 0 Å². The van der Waals surface area contributed by atoms with E-state index in [0.717, 1.165) is 4.88 Å². The van der Waals surface area contributed by atoms with Gasteiger partial charge in [0.15, 0.2) is 0 Å². The first-order valence-electron chi connectivity index (χ1n) is 6.09. The second-order valence-corrected chi connectivity index (χ2v) is 5.21. The number of thiophene rings is 1. The van der Waals surface area contributed by atoms with Crippen molar-refractivity contribution in [3.8, 4) is 10.8 Å². The molecular weight excluding hydrogens is 278 g/mol. The molecule has 6 nitrogen and oxygen atoms in total. The Hall–Kier alpha value is -2.15. The Labute approximate surface area is 120 Å². The summed E-state index contributed by atoms with van der Waals surface area (Å²) >= 11 is 1.53. The Kier molecular flexibility index (Phi) is 4.52. The summed E-state index contributed by atoms with van der Waals surface area (Å²) < 4.78 is 5.34. The van der Waals surface area contributed by atoms with E-state index >= 15 is 0 Å². The fraction of sp³-hybridized carbons (Fsp3) is 0.308. The van der Waals surface area contributed by atoms with Gasteiger partial charge in [-0.2, -0.15) is 0 Å². The molecule has 0 fully saturated rings. The highest BCUT2D eigenvalue weighted by atomic mass is 32.1. The number of nitrogens with one attached hydrogen (secondary N) is 2. The average molecular weight is 293 g/mol. The van der Waals surface area contributed by atoms with Crippen LogP contribution in [0.4, 0.5) is 0 Å². The van der Waals surface area contributed by atoms with Gasteiger partial charge in [-0.3, -0.25) is 9.59 Å². The molecule has 0 radical (unpaired) electrons. The largest absolute Gasteiger partial charge is 0.443 e. The molecule has 0 spiro atoms. The normalized spacial score (nSPS) is 11.9. The van der Waals surface area contributed by atoms with Crippen LogP contribution in [0.1, 0.15) is 19.5 Å². The lowest BCUT2D eigenvalue weighted by atomic mass is 10.3. The first kappa shape index (κ1) is 14.3. The second-order valence-electron chi connectivity index (χ2n) is 4.26. The molecule has 0 aliphatic heterocycles. The van der Waals surface area contributed by atoms with Crippen molar-refractivity contribution in [3.63, 3.8) is 0 Å². The van der Waals surface area contributed by atoms with E-state index in [2.05, 4.69) is 15.6 Å². The van der Waals surface area contributed by atoms with Crippen molar-refractivity contribution < 1.29 is 14.0 Å². The summed E-state index contributed by atoms with van der Waals surface area (Å²) in [5, 5.41) is 7.14. The van der Waals surface area contributed by atoms with E-state index in [0.29, 0.717) is 11.6 Å². The molecule has 20 heavy (non-hydrogen) atoms. The van der Waals surface area contributed by atoms with E-state index in [9.17, 15) is 9.59 Å². The number of nitrogens with zero attached hydrogens (tertiary/aromatic N) is 1. The Bertz CT molecular complexity index is 592. The van der Waals surface area contributed by atoms with Gasteiger partial charge in [0.25, 0.3) is 0 Å². The summed E-state index contributed by atoms with van der Waals surface area (Å²) in [6.45, 7) is 3.25. The van der Waals surface area contributed by atoms with E-state index in [1.807, 2.05) is 17.5 Å². The maximum atomic E-state index is 11.7. The lowest BCUT2D eigenvalue weighted by molar-refractivity contribution is -0.127. The highest BCUT2D eigenvalue weighted by Crippen LogP contribution is 2.23. The van der Waals surface area contributed by atoms with Gasteiger partial charge < -0.3 is 15.1 Å². The summed E-state index contributed by atoms with van der Waals surface area (Å²) in [5.74, 6) is 0.0362. The van der Waals surface area contributed by atoms with Crippen LogP contribution in [0.15, 0.2) is 28.2 Å². The number of carbonyl (C=O) groups is 2. The van der Waals surface area contributed by atoms with Crippen LogP contribution < -0.4 is 10.6 Å². The van der Waals surface area contributed by atoms with Crippen LogP contribution in [-0.4, -0.2) is 22.8 Å². The Morgan fingerprint density at radius 3 is 2.95 bits per heavy atom. The molecule has 0 aliphatic carbocycles. The zero-order valence-electron chi connectivity index (χ0n) is 11.2. The summed E-state index contributed by atoms with van der Waals surface area (Å²) in [5.41, 5.74) is 0.636. The van der Waals surface area contributed by atoms with E-state index < -0.39 is 6.04 Å². The standard InChI is InChI=1S/C13H15N3O3S/c1-8(15-9(2)17)12(18)14-6-10-7-19-13(16-10)11-4-3-5-20-11/h3-5,7-8H,6H2,1-2H3,(H,14,18)(H,15,17). The molecule has 0 bridgehead atoms.